The topological polar surface area (TPSA) is 94.2 Å². The van der Waals surface area contributed by atoms with Crippen LogP contribution in [0.4, 0.5) is 5.69 Å². The molecule has 0 aliphatic heterocycles. The first-order valence-electron chi connectivity index (χ1n) is 11.1. The molecule has 0 unspecified atom stereocenters. The van der Waals surface area contributed by atoms with E-state index in [1.54, 1.807) is 74.9 Å². The van der Waals surface area contributed by atoms with Crippen LogP contribution in [-0.2, 0) is 21.4 Å². The summed E-state index contributed by atoms with van der Waals surface area (Å²) in [6.07, 6.45) is 1.14. The molecule has 3 aromatic rings. The lowest BCUT2D eigenvalue weighted by molar-refractivity contribution is -0.123. The second-order valence-corrected chi connectivity index (χ2v) is 10.4. The normalized spacial score (nSPS) is 11.9. The SMILES string of the molecule is COc1ccc([C@@H](C)NC(=O)COc2ccc(N(Cc3ccccc3Cl)S(C)(=O)=O)cc2)cc1OC. The molecule has 0 fully saturated rings. The van der Waals surface area contributed by atoms with Gasteiger partial charge in [-0.1, -0.05) is 35.9 Å². The minimum atomic E-state index is -3.57. The van der Waals surface area contributed by atoms with Gasteiger partial charge < -0.3 is 19.5 Å². The van der Waals surface area contributed by atoms with Crippen LogP contribution in [0.2, 0.25) is 5.02 Å². The Labute approximate surface area is 216 Å². The molecule has 1 N–H and O–H groups in total. The van der Waals surface area contributed by atoms with Gasteiger partial charge in [-0.05, 0) is 60.5 Å². The molecule has 1 atom stereocenters. The summed E-state index contributed by atoms with van der Waals surface area (Å²) in [7, 11) is -0.457. The van der Waals surface area contributed by atoms with Crippen LogP contribution in [0.5, 0.6) is 17.2 Å². The Morgan fingerprint density at radius 2 is 1.67 bits per heavy atom. The van der Waals surface area contributed by atoms with Crippen molar-refractivity contribution >= 4 is 33.2 Å². The summed E-state index contributed by atoms with van der Waals surface area (Å²) in [6.45, 7) is 1.74. The molecule has 3 aromatic carbocycles. The van der Waals surface area contributed by atoms with Crippen LogP contribution in [-0.4, -0.2) is 41.4 Å². The first-order valence-corrected chi connectivity index (χ1v) is 13.3. The number of benzene rings is 3. The Balaban J connectivity index is 1.61. The van der Waals surface area contributed by atoms with E-state index < -0.39 is 10.0 Å². The monoisotopic (exact) mass is 532 g/mol. The molecule has 0 bridgehead atoms. The van der Waals surface area contributed by atoms with E-state index in [4.69, 9.17) is 25.8 Å². The molecule has 0 heterocycles. The van der Waals surface area contributed by atoms with Crippen LogP contribution >= 0.6 is 11.6 Å². The van der Waals surface area contributed by atoms with E-state index in [0.717, 1.165) is 11.8 Å². The summed E-state index contributed by atoms with van der Waals surface area (Å²) in [5.74, 6) is 1.30. The number of ether oxygens (including phenoxy) is 3. The molecule has 192 valence electrons. The minimum Gasteiger partial charge on any atom is -0.493 e. The van der Waals surface area contributed by atoms with E-state index in [0.29, 0.717) is 33.5 Å². The van der Waals surface area contributed by atoms with Gasteiger partial charge in [0.2, 0.25) is 10.0 Å². The highest BCUT2D eigenvalue weighted by Gasteiger charge is 2.19. The predicted molar refractivity (Wildman–Crippen MR) is 141 cm³/mol. The molecule has 0 radical (unpaired) electrons. The largest absolute Gasteiger partial charge is 0.493 e. The van der Waals surface area contributed by atoms with E-state index in [1.807, 2.05) is 13.0 Å². The summed E-state index contributed by atoms with van der Waals surface area (Å²) in [6, 6.07) is 18.7. The highest BCUT2D eigenvalue weighted by atomic mass is 35.5. The van der Waals surface area contributed by atoms with Crippen molar-refractivity contribution < 1.29 is 27.4 Å². The van der Waals surface area contributed by atoms with E-state index >= 15 is 0 Å². The van der Waals surface area contributed by atoms with Crippen molar-refractivity contribution in [2.24, 2.45) is 0 Å². The fraction of sp³-hybridized carbons (Fsp3) is 0.269. The molecule has 0 saturated heterocycles. The number of carbonyl (C=O) groups excluding carboxylic acids is 1. The number of amides is 1. The predicted octanol–water partition coefficient (Wildman–Crippen LogP) is 4.58. The van der Waals surface area contributed by atoms with Crippen LogP contribution in [0.1, 0.15) is 24.1 Å². The van der Waals surface area contributed by atoms with Gasteiger partial charge in [0.15, 0.2) is 18.1 Å². The summed E-state index contributed by atoms with van der Waals surface area (Å²) in [4.78, 5) is 12.4. The molecule has 0 saturated carbocycles. The van der Waals surface area contributed by atoms with Crippen molar-refractivity contribution in [1.82, 2.24) is 5.32 Å². The zero-order chi connectivity index (χ0) is 26.3. The van der Waals surface area contributed by atoms with Crippen molar-refractivity contribution in [1.29, 1.82) is 0 Å². The molecule has 36 heavy (non-hydrogen) atoms. The van der Waals surface area contributed by atoms with Gasteiger partial charge in [0.25, 0.3) is 5.91 Å². The van der Waals surface area contributed by atoms with Crippen molar-refractivity contribution in [2.45, 2.75) is 19.5 Å². The number of anilines is 1. The van der Waals surface area contributed by atoms with Gasteiger partial charge in [-0.25, -0.2) is 8.42 Å². The molecule has 3 rings (SSSR count). The average molecular weight is 533 g/mol. The third kappa shape index (κ3) is 7.05. The second-order valence-electron chi connectivity index (χ2n) is 8.05. The van der Waals surface area contributed by atoms with Crippen molar-refractivity contribution in [2.75, 3.05) is 31.4 Å². The van der Waals surface area contributed by atoms with Crippen molar-refractivity contribution in [3.63, 3.8) is 0 Å². The number of halogens is 1. The molecule has 1 amide bonds. The number of hydrogen-bond donors (Lipinski definition) is 1. The van der Waals surface area contributed by atoms with Gasteiger partial charge in [-0.2, -0.15) is 0 Å². The number of nitrogens with zero attached hydrogens (tertiary/aromatic N) is 1. The van der Waals surface area contributed by atoms with Crippen LogP contribution in [0, 0.1) is 0 Å². The summed E-state index contributed by atoms with van der Waals surface area (Å²) >= 11 is 6.21. The minimum absolute atomic E-state index is 0.0924. The standard InChI is InChI=1S/C26H29ClN2O6S/c1-18(19-9-14-24(33-2)25(15-19)34-3)28-26(30)17-35-22-12-10-21(11-13-22)29(36(4,31)32)16-20-7-5-6-8-23(20)27/h5-15,18H,16-17H2,1-4H3,(H,28,30)/t18-/m1/s1. The Bertz CT molecular complexity index is 1300. The van der Waals surface area contributed by atoms with Gasteiger partial charge in [0, 0.05) is 5.02 Å². The lowest BCUT2D eigenvalue weighted by Crippen LogP contribution is -2.31. The molecular weight excluding hydrogens is 504 g/mol. The Kier molecular flexibility index (Phi) is 9.06. The zero-order valence-electron chi connectivity index (χ0n) is 20.5. The maximum absolute atomic E-state index is 12.4. The lowest BCUT2D eigenvalue weighted by atomic mass is 10.1. The number of sulfonamides is 1. The van der Waals surface area contributed by atoms with E-state index in [1.165, 1.54) is 4.31 Å². The molecule has 0 aliphatic rings. The van der Waals surface area contributed by atoms with Gasteiger partial charge in [-0.15, -0.1) is 0 Å². The van der Waals surface area contributed by atoms with Crippen molar-refractivity contribution in [3.05, 3.63) is 82.9 Å². The number of carbonyl (C=O) groups is 1. The van der Waals surface area contributed by atoms with Crippen LogP contribution in [0.25, 0.3) is 0 Å². The third-order valence-electron chi connectivity index (χ3n) is 5.45. The summed E-state index contributed by atoms with van der Waals surface area (Å²) in [5, 5.41) is 3.36. The molecule has 0 spiro atoms. The van der Waals surface area contributed by atoms with Gasteiger partial charge in [-0.3, -0.25) is 9.10 Å². The average Bonchev–Trinajstić information content (AvgIpc) is 2.86. The fourth-order valence-electron chi connectivity index (χ4n) is 3.53. The highest BCUT2D eigenvalue weighted by molar-refractivity contribution is 7.92. The maximum Gasteiger partial charge on any atom is 0.258 e. The van der Waals surface area contributed by atoms with E-state index in [9.17, 15) is 13.2 Å². The molecule has 0 aliphatic carbocycles. The number of nitrogens with one attached hydrogen (secondary N) is 1. The zero-order valence-corrected chi connectivity index (χ0v) is 22.1. The summed E-state index contributed by atoms with van der Waals surface area (Å²) in [5.41, 5.74) is 1.99. The van der Waals surface area contributed by atoms with Crippen LogP contribution in [0.3, 0.4) is 0 Å². The van der Waals surface area contributed by atoms with Crippen LogP contribution < -0.4 is 23.8 Å². The molecule has 0 aromatic heterocycles. The van der Waals surface area contributed by atoms with E-state index in [-0.39, 0.29) is 25.1 Å². The number of rotatable bonds is 11. The summed E-state index contributed by atoms with van der Waals surface area (Å²) < 4.78 is 42.3. The molecular formula is C26H29ClN2O6S. The Hall–Kier alpha value is -3.43. The van der Waals surface area contributed by atoms with Crippen LogP contribution in [0.15, 0.2) is 66.7 Å². The van der Waals surface area contributed by atoms with Gasteiger partial charge in [0.05, 0.1) is 38.7 Å². The fourth-order valence-corrected chi connectivity index (χ4v) is 4.60. The molecule has 8 nitrogen and oxygen atoms in total. The first kappa shape index (κ1) is 27.2. The number of methoxy groups -OCH3 is 2. The molecule has 10 heteroatoms. The van der Waals surface area contributed by atoms with Gasteiger partial charge in [0.1, 0.15) is 5.75 Å². The second kappa shape index (κ2) is 12.0. The smallest absolute Gasteiger partial charge is 0.258 e. The lowest BCUT2D eigenvalue weighted by Gasteiger charge is -2.23. The first-order chi connectivity index (χ1) is 17.1. The van der Waals surface area contributed by atoms with Crippen molar-refractivity contribution in [3.8, 4) is 17.2 Å². The highest BCUT2D eigenvalue weighted by Crippen LogP contribution is 2.30. The Morgan fingerprint density at radius 1 is 1.00 bits per heavy atom. The third-order valence-corrected chi connectivity index (χ3v) is 6.96. The number of hydrogen-bond acceptors (Lipinski definition) is 6. The Morgan fingerprint density at radius 3 is 2.28 bits per heavy atom. The van der Waals surface area contributed by atoms with Gasteiger partial charge >= 0.3 is 0 Å². The maximum atomic E-state index is 12.4. The van der Waals surface area contributed by atoms with E-state index in [2.05, 4.69) is 5.32 Å². The quantitative estimate of drug-likeness (QED) is 0.388.